The van der Waals surface area contributed by atoms with Crippen LogP contribution >= 0.6 is 23.2 Å². The van der Waals surface area contributed by atoms with Gasteiger partial charge in [-0.05, 0) is 42.8 Å². The van der Waals surface area contributed by atoms with E-state index in [1.165, 1.54) is 0 Å². The van der Waals surface area contributed by atoms with E-state index >= 15 is 0 Å². The number of carbonyl (C=O) groups excluding carboxylic acids is 2. The van der Waals surface area contributed by atoms with E-state index in [9.17, 15) is 9.59 Å². The normalized spacial score (nSPS) is 16.8. The lowest BCUT2D eigenvalue weighted by molar-refractivity contribution is -0.117. The van der Waals surface area contributed by atoms with Gasteiger partial charge in [-0.15, -0.1) is 0 Å². The molecule has 2 aromatic carbocycles. The summed E-state index contributed by atoms with van der Waals surface area (Å²) < 4.78 is 0. The van der Waals surface area contributed by atoms with Crippen LogP contribution in [0.4, 0.5) is 11.4 Å². The number of hydroxylamine groups is 1. The van der Waals surface area contributed by atoms with Gasteiger partial charge in [0.2, 0.25) is 5.91 Å². The van der Waals surface area contributed by atoms with Gasteiger partial charge in [0.1, 0.15) is 6.04 Å². The third kappa shape index (κ3) is 3.56. The molecule has 130 valence electrons. The van der Waals surface area contributed by atoms with Crippen molar-refractivity contribution in [2.45, 2.75) is 12.5 Å². The third-order valence-electron chi connectivity index (χ3n) is 4.00. The monoisotopic (exact) mass is 379 g/mol. The van der Waals surface area contributed by atoms with Gasteiger partial charge in [0.25, 0.3) is 5.91 Å². The summed E-state index contributed by atoms with van der Waals surface area (Å²) in [6.07, 6.45) is 0.596. The summed E-state index contributed by atoms with van der Waals surface area (Å²) in [4.78, 5) is 25.6. The van der Waals surface area contributed by atoms with Crippen molar-refractivity contribution in [3.05, 3.63) is 58.1 Å². The molecule has 1 heterocycles. The number of hydrogen-bond acceptors (Lipinski definition) is 4. The van der Waals surface area contributed by atoms with Gasteiger partial charge < -0.3 is 10.2 Å². The van der Waals surface area contributed by atoms with Crippen molar-refractivity contribution < 1.29 is 14.8 Å². The van der Waals surface area contributed by atoms with Crippen LogP contribution in [0, 0.1) is 0 Å². The van der Waals surface area contributed by atoms with Crippen molar-refractivity contribution >= 4 is 46.4 Å². The number of carbonyl (C=O) groups is 2. The second-order valence-corrected chi connectivity index (χ2v) is 6.38. The minimum atomic E-state index is -0.594. The average molecular weight is 380 g/mol. The lowest BCUT2D eigenvalue weighted by Gasteiger charge is -2.20. The van der Waals surface area contributed by atoms with E-state index in [2.05, 4.69) is 5.32 Å². The molecular weight excluding hydrogens is 365 g/mol. The molecule has 25 heavy (non-hydrogen) atoms. The molecule has 0 saturated carbocycles. The van der Waals surface area contributed by atoms with Crippen LogP contribution in [-0.2, 0) is 4.79 Å². The van der Waals surface area contributed by atoms with E-state index < -0.39 is 11.9 Å². The summed E-state index contributed by atoms with van der Waals surface area (Å²) >= 11 is 12.4. The highest BCUT2D eigenvalue weighted by molar-refractivity contribution is 6.40. The topological polar surface area (TPSA) is 81.7 Å². The maximum atomic E-state index is 12.7. The first-order valence-electron chi connectivity index (χ1n) is 7.57. The van der Waals surface area contributed by atoms with Crippen LogP contribution in [0.3, 0.4) is 0 Å². The SMILES string of the molecule is O=C(NO)c1ccc(NC2CCN(c3c(Cl)cccc3Cl)C2=O)cc1. The molecule has 1 atom stereocenters. The first-order chi connectivity index (χ1) is 12.0. The predicted molar refractivity (Wildman–Crippen MR) is 96.5 cm³/mol. The largest absolute Gasteiger partial charge is 0.374 e. The van der Waals surface area contributed by atoms with Gasteiger partial charge in [0, 0.05) is 17.8 Å². The van der Waals surface area contributed by atoms with Crippen molar-refractivity contribution in [3.63, 3.8) is 0 Å². The molecular formula is C17H15Cl2N3O3. The summed E-state index contributed by atoms with van der Waals surface area (Å²) in [6.45, 7) is 0.505. The van der Waals surface area contributed by atoms with Crippen LogP contribution in [0.25, 0.3) is 0 Å². The van der Waals surface area contributed by atoms with Crippen LogP contribution in [0.15, 0.2) is 42.5 Å². The Hall–Kier alpha value is -2.28. The molecule has 2 amide bonds. The summed E-state index contributed by atoms with van der Waals surface area (Å²) in [5.74, 6) is -0.713. The predicted octanol–water partition coefficient (Wildman–Crippen LogP) is 3.33. The molecule has 0 aliphatic carbocycles. The molecule has 0 spiro atoms. The Bertz CT molecular complexity index is 791. The van der Waals surface area contributed by atoms with Crippen LogP contribution in [0.2, 0.25) is 10.0 Å². The standard InChI is InChI=1S/C17H15Cl2N3O3/c18-12-2-1-3-13(19)15(12)22-9-8-14(17(22)24)20-11-6-4-10(5-7-11)16(23)21-25/h1-7,14,20,25H,8-9H2,(H,21,23). The van der Waals surface area contributed by atoms with E-state index in [-0.39, 0.29) is 5.91 Å². The van der Waals surface area contributed by atoms with E-state index in [4.69, 9.17) is 28.4 Å². The molecule has 0 radical (unpaired) electrons. The summed E-state index contributed by atoms with van der Waals surface area (Å²) in [5.41, 5.74) is 3.10. The molecule has 1 saturated heterocycles. The number of benzene rings is 2. The number of nitrogens with zero attached hydrogens (tertiary/aromatic N) is 1. The van der Waals surface area contributed by atoms with Gasteiger partial charge in [-0.2, -0.15) is 0 Å². The Kier molecular flexibility index (Phi) is 5.13. The summed E-state index contributed by atoms with van der Waals surface area (Å²) in [5, 5.41) is 12.6. The maximum absolute atomic E-state index is 12.7. The molecule has 0 aromatic heterocycles. The molecule has 1 fully saturated rings. The Morgan fingerprint density at radius 3 is 2.36 bits per heavy atom. The fraction of sp³-hybridized carbons (Fsp3) is 0.176. The zero-order chi connectivity index (χ0) is 18.0. The highest BCUT2D eigenvalue weighted by atomic mass is 35.5. The van der Waals surface area contributed by atoms with Gasteiger partial charge in [-0.25, -0.2) is 5.48 Å². The zero-order valence-corrected chi connectivity index (χ0v) is 14.5. The first-order valence-corrected chi connectivity index (χ1v) is 8.33. The Morgan fingerprint density at radius 2 is 1.76 bits per heavy atom. The molecule has 1 aliphatic heterocycles. The molecule has 2 aromatic rings. The second-order valence-electron chi connectivity index (χ2n) is 5.56. The van der Waals surface area contributed by atoms with Crippen LogP contribution in [0.1, 0.15) is 16.8 Å². The molecule has 0 bridgehead atoms. The van der Waals surface area contributed by atoms with Gasteiger partial charge in [-0.3, -0.25) is 14.8 Å². The number of hydrogen-bond donors (Lipinski definition) is 3. The number of para-hydroxylation sites is 1. The van der Waals surface area contributed by atoms with Gasteiger partial charge in [-0.1, -0.05) is 29.3 Å². The molecule has 3 N–H and O–H groups in total. The van der Waals surface area contributed by atoms with Crippen molar-refractivity contribution in [1.29, 1.82) is 0 Å². The van der Waals surface area contributed by atoms with Gasteiger partial charge in [0.15, 0.2) is 0 Å². The summed E-state index contributed by atoms with van der Waals surface area (Å²) in [6, 6.07) is 11.2. The molecule has 6 nitrogen and oxygen atoms in total. The van der Waals surface area contributed by atoms with E-state index in [1.54, 1.807) is 52.8 Å². The quantitative estimate of drug-likeness (QED) is 0.562. The average Bonchev–Trinajstić information content (AvgIpc) is 2.95. The fourth-order valence-corrected chi connectivity index (χ4v) is 3.37. The van der Waals surface area contributed by atoms with Crippen LogP contribution < -0.4 is 15.7 Å². The number of anilines is 2. The Labute approximate surface area is 154 Å². The zero-order valence-electron chi connectivity index (χ0n) is 13.0. The fourth-order valence-electron chi connectivity index (χ4n) is 2.77. The van der Waals surface area contributed by atoms with Gasteiger partial charge in [0.05, 0.1) is 15.7 Å². The van der Waals surface area contributed by atoms with Crippen LogP contribution in [-0.4, -0.2) is 29.6 Å². The number of rotatable bonds is 4. The third-order valence-corrected chi connectivity index (χ3v) is 4.61. The van der Waals surface area contributed by atoms with E-state index in [0.29, 0.717) is 39.9 Å². The lowest BCUT2D eigenvalue weighted by atomic mass is 10.1. The van der Waals surface area contributed by atoms with Crippen molar-refractivity contribution in [2.24, 2.45) is 0 Å². The maximum Gasteiger partial charge on any atom is 0.274 e. The smallest absolute Gasteiger partial charge is 0.274 e. The van der Waals surface area contributed by atoms with Gasteiger partial charge >= 0.3 is 0 Å². The molecule has 1 aliphatic rings. The minimum absolute atomic E-state index is 0.118. The van der Waals surface area contributed by atoms with E-state index in [1.807, 2.05) is 0 Å². The van der Waals surface area contributed by atoms with Crippen molar-refractivity contribution in [1.82, 2.24) is 5.48 Å². The highest BCUT2D eigenvalue weighted by Crippen LogP contribution is 2.36. The molecule has 1 unspecified atom stereocenters. The molecule has 8 heteroatoms. The van der Waals surface area contributed by atoms with Crippen molar-refractivity contribution in [3.8, 4) is 0 Å². The Morgan fingerprint density at radius 1 is 1.12 bits per heavy atom. The highest BCUT2D eigenvalue weighted by Gasteiger charge is 2.34. The lowest BCUT2D eigenvalue weighted by Crippen LogP contribution is -2.33. The number of nitrogens with one attached hydrogen (secondary N) is 2. The summed E-state index contributed by atoms with van der Waals surface area (Å²) in [7, 11) is 0. The van der Waals surface area contributed by atoms with E-state index in [0.717, 1.165) is 0 Å². The van der Waals surface area contributed by atoms with Crippen LogP contribution in [0.5, 0.6) is 0 Å². The molecule has 3 rings (SSSR count). The number of amides is 2. The minimum Gasteiger partial charge on any atom is -0.374 e. The Balaban J connectivity index is 1.73. The first kappa shape index (κ1) is 17.5. The van der Waals surface area contributed by atoms with Crippen molar-refractivity contribution in [2.75, 3.05) is 16.8 Å². The second kappa shape index (κ2) is 7.31. The number of halogens is 2.